The van der Waals surface area contributed by atoms with E-state index in [1.807, 2.05) is 55.5 Å². The van der Waals surface area contributed by atoms with Gasteiger partial charge in [0.05, 0.1) is 23.0 Å². The summed E-state index contributed by atoms with van der Waals surface area (Å²) in [5.74, 6) is -1.99. The molecule has 0 saturated heterocycles. The highest BCUT2D eigenvalue weighted by Gasteiger charge is 2.15. The molecule has 1 aromatic heterocycles. The van der Waals surface area contributed by atoms with Crippen molar-refractivity contribution in [2.45, 2.75) is 26.7 Å². The molecule has 142 valence electrons. The number of benzene rings is 2. The molecule has 2 aromatic carbocycles. The quantitative estimate of drug-likeness (QED) is 0.707. The van der Waals surface area contributed by atoms with Gasteiger partial charge in [0.15, 0.2) is 0 Å². The molecule has 0 aliphatic rings. The van der Waals surface area contributed by atoms with Gasteiger partial charge in [0.2, 0.25) is 0 Å². The average Bonchev–Trinajstić information content (AvgIpc) is 2.67. The number of carbonyl (C=O) groups is 2. The van der Waals surface area contributed by atoms with Gasteiger partial charge in [-0.3, -0.25) is 14.6 Å². The van der Waals surface area contributed by atoms with Crippen molar-refractivity contribution in [1.29, 1.82) is 0 Å². The van der Waals surface area contributed by atoms with Crippen molar-refractivity contribution in [2.24, 2.45) is 5.73 Å². The van der Waals surface area contributed by atoms with Gasteiger partial charge < -0.3 is 10.8 Å². The molecule has 0 aliphatic carbocycles. The number of nitrogens with zero attached hydrogens (tertiary/aromatic N) is 2. The second kappa shape index (κ2) is 7.60. The highest BCUT2D eigenvalue weighted by atomic mass is 16.4. The van der Waals surface area contributed by atoms with E-state index in [0.29, 0.717) is 11.4 Å². The van der Waals surface area contributed by atoms with E-state index >= 15 is 0 Å². The molecule has 0 saturated carbocycles. The molecule has 6 heteroatoms. The van der Waals surface area contributed by atoms with Crippen LogP contribution < -0.4 is 5.73 Å². The number of carbonyl (C=O) groups excluding carboxylic acids is 1. The number of hydrogen-bond donors (Lipinski definition) is 2. The maximum Gasteiger partial charge on any atom is 0.310 e. The minimum atomic E-state index is -0.845. The molecular formula is C22H21N3O3. The fraction of sp³-hybridized carbons (Fsp3) is 0.182. The fourth-order valence-corrected chi connectivity index (χ4v) is 3.07. The minimum Gasteiger partial charge on any atom is -0.481 e. The molecule has 0 aliphatic heterocycles. The van der Waals surface area contributed by atoms with E-state index in [4.69, 9.17) is 10.8 Å². The first-order valence-electron chi connectivity index (χ1n) is 8.86. The van der Waals surface area contributed by atoms with Crippen LogP contribution in [0.5, 0.6) is 0 Å². The molecule has 0 radical (unpaired) electrons. The number of amides is 1. The van der Waals surface area contributed by atoms with Crippen molar-refractivity contribution in [3.8, 4) is 22.4 Å². The van der Waals surface area contributed by atoms with E-state index < -0.39 is 17.8 Å². The van der Waals surface area contributed by atoms with E-state index in [0.717, 1.165) is 27.9 Å². The van der Waals surface area contributed by atoms with Crippen molar-refractivity contribution >= 4 is 11.9 Å². The second-order valence-electron chi connectivity index (χ2n) is 6.72. The number of carboxylic acids is 1. The van der Waals surface area contributed by atoms with Gasteiger partial charge in [-0.2, -0.15) is 0 Å². The molecule has 1 amide bonds. The summed E-state index contributed by atoms with van der Waals surface area (Å²) in [6.45, 7) is 5.22. The lowest BCUT2D eigenvalue weighted by atomic mass is 9.97. The van der Waals surface area contributed by atoms with Gasteiger partial charge in [0.1, 0.15) is 5.69 Å². The van der Waals surface area contributed by atoms with E-state index in [-0.39, 0.29) is 5.69 Å². The Morgan fingerprint density at radius 1 is 0.857 bits per heavy atom. The monoisotopic (exact) mass is 375 g/mol. The molecule has 3 rings (SSSR count). The van der Waals surface area contributed by atoms with E-state index in [9.17, 15) is 9.59 Å². The third-order valence-corrected chi connectivity index (χ3v) is 4.75. The summed E-state index contributed by atoms with van der Waals surface area (Å²) < 4.78 is 0. The number of hydrogen-bond acceptors (Lipinski definition) is 4. The Morgan fingerprint density at radius 2 is 1.36 bits per heavy atom. The van der Waals surface area contributed by atoms with Gasteiger partial charge >= 0.3 is 5.97 Å². The highest BCUT2D eigenvalue weighted by Crippen LogP contribution is 2.27. The van der Waals surface area contributed by atoms with Gasteiger partial charge in [-0.15, -0.1) is 0 Å². The van der Waals surface area contributed by atoms with Gasteiger partial charge in [-0.25, -0.2) is 4.98 Å². The molecule has 0 unspecified atom stereocenters. The van der Waals surface area contributed by atoms with Crippen LogP contribution in [0.3, 0.4) is 0 Å². The number of nitrogens with two attached hydrogens (primary N) is 1. The Labute approximate surface area is 163 Å². The zero-order valence-corrected chi connectivity index (χ0v) is 15.9. The molecule has 28 heavy (non-hydrogen) atoms. The summed E-state index contributed by atoms with van der Waals surface area (Å²) in [7, 11) is 0. The van der Waals surface area contributed by atoms with Crippen molar-refractivity contribution in [2.75, 3.05) is 0 Å². The van der Waals surface area contributed by atoms with Crippen LogP contribution in [0.15, 0.2) is 48.5 Å². The van der Waals surface area contributed by atoms with Crippen LogP contribution in [0.4, 0.5) is 0 Å². The van der Waals surface area contributed by atoms with Crippen LogP contribution in [0.1, 0.15) is 40.3 Å². The lowest BCUT2D eigenvalue weighted by molar-refractivity contribution is -0.138. The second-order valence-corrected chi connectivity index (χ2v) is 6.72. The predicted molar refractivity (Wildman–Crippen MR) is 107 cm³/mol. The zero-order chi connectivity index (χ0) is 20.4. The molecule has 3 N–H and O–H groups in total. The molecule has 6 nitrogen and oxygen atoms in total. The third kappa shape index (κ3) is 3.76. The predicted octanol–water partition coefficient (Wildman–Crippen LogP) is 3.71. The molecule has 0 fully saturated rings. The summed E-state index contributed by atoms with van der Waals surface area (Å²) in [6, 6.07) is 15.2. The topological polar surface area (TPSA) is 106 Å². The Morgan fingerprint density at radius 3 is 1.86 bits per heavy atom. The van der Waals surface area contributed by atoms with E-state index in [2.05, 4.69) is 9.97 Å². The van der Waals surface area contributed by atoms with Crippen molar-refractivity contribution in [3.05, 3.63) is 71.2 Å². The van der Waals surface area contributed by atoms with Crippen LogP contribution in [0.2, 0.25) is 0 Å². The Bertz CT molecular complexity index is 1040. The molecule has 1 atom stereocenters. The average molecular weight is 375 g/mol. The summed E-state index contributed by atoms with van der Waals surface area (Å²) in [5.41, 5.74) is 11.0. The van der Waals surface area contributed by atoms with Crippen LogP contribution in [0, 0.1) is 13.8 Å². The van der Waals surface area contributed by atoms with E-state index in [1.165, 1.54) is 0 Å². The van der Waals surface area contributed by atoms with Crippen molar-refractivity contribution in [3.63, 3.8) is 0 Å². The van der Waals surface area contributed by atoms with Gasteiger partial charge in [-0.05, 0) is 37.5 Å². The van der Waals surface area contributed by atoms with Crippen LogP contribution in [0.25, 0.3) is 22.4 Å². The molecule has 1 heterocycles. The first-order valence-corrected chi connectivity index (χ1v) is 8.86. The number of aromatic nitrogens is 2. The van der Waals surface area contributed by atoms with Gasteiger partial charge in [0, 0.05) is 5.56 Å². The number of aryl methyl sites for hydroxylation is 2. The highest BCUT2D eigenvalue weighted by molar-refractivity contribution is 5.92. The maximum atomic E-state index is 11.6. The number of rotatable bonds is 5. The van der Waals surface area contributed by atoms with Gasteiger partial charge in [0.25, 0.3) is 5.91 Å². The number of carboxylic acid groups (broad SMARTS) is 1. The SMILES string of the molecule is Cc1nc(C)c(-c2ccc(-c3ccc([C@@H](C)C(=O)O)cc3)cc2)nc1C(N)=O. The van der Waals surface area contributed by atoms with Crippen LogP contribution in [-0.2, 0) is 4.79 Å². The Hall–Kier alpha value is -3.54. The van der Waals surface area contributed by atoms with E-state index in [1.54, 1.807) is 13.8 Å². The summed E-state index contributed by atoms with van der Waals surface area (Å²) in [5, 5.41) is 9.11. The molecule has 0 bridgehead atoms. The lowest BCUT2D eigenvalue weighted by Crippen LogP contribution is -2.17. The standard InChI is InChI=1S/C22H21N3O3/c1-12(22(27)28)15-4-6-16(7-5-15)17-8-10-18(11-9-17)19-13(2)24-14(3)20(25-19)21(23)26/h4-12H,1-3H3,(H2,23,26)(H,27,28)/t12-/m1/s1. The summed E-state index contributed by atoms with van der Waals surface area (Å²) in [6.07, 6.45) is 0. The largest absolute Gasteiger partial charge is 0.481 e. The fourth-order valence-electron chi connectivity index (χ4n) is 3.07. The molecule has 3 aromatic rings. The first kappa shape index (κ1) is 19.2. The van der Waals surface area contributed by atoms with Crippen LogP contribution in [-0.4, -0.2) is 27.0 Å². The van der Waals surface area contributed by atoms with Crippen LogP contribution >= 0.6 is 0 Å². The van der Waals surface area contributed by atoms with Crippen molar-refractivity contribution < 1.29 is 14.7 Å². The number of primary amides is 1. The Balaban J connectivity index is 1.91. The maximum absolute atomic E-state index is 11.6. The summed E-state index contributed by atoms with van der Waals surface area (Å²) in [4.78, 5) is 31.4. The molecule has 0 spiro atoms. The minimum absolute atomic E-state index is 0.174. The smallest absolute Gasteiger partial charge is 0.310 e. The van der Waals surface area contributed by atoms with Gasteiger partial charge in [-0.1, -0.05) is 48.5 Å². The molecular weight excluding hydrogens is 354 g/mol. The zero-order valence-electron chi connectivity index (χ0n) is 15.9. The Kier molecular flexibility index (Phi) is 5.22. The third-order valence-electron chi connectivity index (χ3n) is 4.75. The summed E-state index contributed by atoms with van der Waals surface area (Å²) >= 11 is 0. The van der Waals surface area contributed by atoms with Crippen molar-refractivity contribution in [1.82, 2.24) is 9.97 Å². The number of aliphatic carboxylic acids is 1. The normalized spacial score (nSPS) is 11.8. The first-order chi connectivity index (χ1) is 13.3. The lowest BCUT2D eigenvalue weighted by Gasteiger charge is -2.10.